The normalized spacial score (nSPS) is 16.4. The summed E-state index contributed by atoms with van der Waals surface area (Å²) in [4.78, 5) is 28.2. The first kappa shape index (κ1) is 17.4. The average Bonchev–Trinajstić information content (AvgIpc) is 3.52. The van der Waals surface area contributed by atoms with Gasteiger partial charge in [0.1, 0.15) is 17.6 Å². The number of likely N-dealkylation sites (tertiary alicyclic amines) is 1. The molecule has 0 saturated carbocycles. The van der Waals surface area contributed by atoms with Crippen LogP contribution in [0.15, 0.2) is 59.7 Å². The van der Waals surface area contributed by atoms with Crippen LogP contribution < -0.4 is 4.74 Å². The van der Waals surface area contributed by atoms with Gasteiger partial charge in [-0.25, -0.2) is 15.0 Å². The molecule has 0 spiro atoms. The largest absolute Gasteiger partial charge is 0.481 e. The molecular weight excluding hydrogens is 370 g/mol. The van der Waals surface area contributed by atoms with E-state index in [9.17, 15) is 4.79 Å². The van der Waals surface area contributed by atoms with E-state index in [1.165, 1.54) is 0 Å². The molecule has 1 amide bonds. The van der Waals surface area contributed by atoms with Crippen LogP contribution in [0.5, 0.6) is 5.88 Å². The molecule has 0 bridgehead atoms. The molecule has 0 N–H and O–H groups in total. The molecule has 1 saturated heterocycles. The lowest BCUT2D eigenvalue weighted by Gasteiger charge is -2.18. The van der Waals surface area contributed by atoms with Crippen LogP contribution in [0.2, 0.25) is 0 Å². The fourth-order valence-corrected chi connectivity index (χ4v) is 3.82. The van der Waals surface area contributed by atoms with Crippen molar-refractivity contribution >= 4 is 17.1 Å². The Morgan fingerprint density at radius 2 is 2.17 bits per heavy atom. The zero-order chi connectivity index (χ0) is 19.8. The molecule has 0 radical (unpaired) electrons. The Balaban J connectivity index is 1.46. The third-order valence-corrected chi connectivity index (χ3v) is 5.24. The Bertz CT molecular complexity index is 1150. The molecule has 4 aromatic heterocycles. The van der Waals surface area contributed by atoms with Gasteiger partial charge in [-0.15, -0.1) is 0 Å². The summed E-state index contributed by atoms with van der Waals surface area (Å²) >= 11 is 0. The number of pyridine rings is 2. The number of ether oxygens (including phenoxy) is 1. The van der Waals surface area contributed by atoms with E-state index in [0.717, 1.165) is 29.0 Å². The smallest absolute Gasteiger partial charge is 0.255 e. The highest BCUT2D eigenvalue weighted by Gasteiger charge is 2.31. The minimum Gasteiger partial charge on any atom is -0.481 e. The van der Waals surface area contributed by atoms with Crippen molar-refractivity contribution < 1.29 is 13.9 Å². The van der Waals surface area contributed by atoms with Gasteiger partial charge in [0.05, 0.1) is 30.5 Å². The summed E-state index contributed by atoms with van der Waals surface area (Å²) in [5.41, 5.74) is 3.09. The molecule has 146 valence electrons. The lowest BCUT2D eigenvalue weighted by Crippen LogP contribution is -2.29. The minimum atomic E-state index is -0.0371. The molecule has 0 aromatic carbocycles. The number of furan rings is 1. The van der Waals surface area contributed by atoms with Crippen molar-refractivity contribution in [2.75, 3.05) is 20.2 Å². The van der Waals surface area contributed by atoms with Gasteiger partial charge < -0.3 is 18.6 Å². The molecule has 1 aliphatic heterocycles. The predicted molar refractivity (Wildman–Crippen MR) is 106 cm³/mol. The van der Waals surface area contributed by atoms with Gasteiger partial charge in [0.2, 0.25) is 5.88 Å². The topological polar surface area (TPSA) is 86.3 Å². The molecule has 1 fully saturated rings. The van der Waals surface area contributed by atoms with Crippen molar-refractivity contribution in [3.05, 3.63) is 60.8 Å². The second-order valence-corrected chi connectivity index (χ2v) is 6.95. The summed E-state index contributed by atoms with van der Waals surface area (Å²) < 4.78 is 12.5. The van der Waals surface area contributed by atoms with Crippen LogP contribution in [-0.2, 0) is 0 Å². The number of methoxy groups -OCH3 is 1. The quantitative estimate of drug-likeness (QED) is 0.533. The van der Waals surface area contributed by atoms with Crippen LogP contribution in [0, 0.1) is 0 Å². The van der Waals surface area contributed by atoms with Crippen molar-refractivity contribution in [1.82, 2.24) is 24.4 Å². The lowest BCUT2D eigenvalue weighted by molar-refractivity contribution is 0.0787. The molecule has 8 nitrogen and oxygen atoms in total. The van der Waals surface area contributed by atoms with Crippen LogP contribution in [0.3, 0.4) is 0 Å². The number of carbonyl (C=O) groups excluding carboxylic acids is 1. The third-order valence-electron chi connectivity index (χ3n) is 5.24. The van der Waals surface area contributed by atoms with E-state index < -0.39 is 0 Å². The van der Waals surface area contributed by atoms with Gasteiger partial charge >= 0.3 is 0 Å². The molecule has 5 rings (SSSR count). The Morgan fingerprint density at radius 3 is 2.93 bits per heavy atom. The van der Waals surface area contributed by atoms with Gasteiger partial charge in [0, 0.05) is 31.5 Å². The summed E-state index contributed by atoms with van der Waals surface area (Å²) in [5, 5.41) is 0. The van der Waals surface area contributed by atoms with E-state index in [2.05, 4.69) is 14.5 Å². The molecule has 29 heavy (non-hydrogen) atoms. The molecule has 4 aromatic rings. The predicted octanol–water partition coefficient (Wildman–Crippen LogP) is 3.18. The Hall–Kier alpha value is -3.68. The lowest BCUT2D eigenvalue weighted by atomic mass is 10.2. The van der Waals surface area contributed by atoms with Gasteiger partial charge in [-0.05, 0) is 30.7 Å². The minimum absolute atomic E-state index is 0.0371. The summed E-state index contributed by atoms with van der Waals surface area (Å²) in [7, 11) is 1.55. The van der Waals surface area contributed by atoms with Gasteiger partial charge in [-0.1, -0.05) is 0 Å². The van der Waals surface area contributed by atoms with Crippen molar-refractivity contribution in [3.8, 4) is 17.3 Å². The van der Waals surface area contributed by atoms with Gasteiger partial charge in [0.25, 0.3) is 5.91 Å². The molecular formula is C21H19N5O3. The van der Waals surface area contributed by atoms with E-state index >= 15 is 0 Å². The molecule has 5 heterocycles. The molecule has 8 heteroatoms. The first-order valence-electron chi connectivity index (χ1n) is 9.39. The van der Waals surface area contributed by atoms with Crippen LogP contribution in [0.4, 0.5) is 0 Å². The van der Waals surface area contributed by atoms with E-state index in [-0.39, 0.29) is 11.9 Å². The van der Waals surface area contributed by atoms with Crippen LogP contribution in [0.1, 0.15) is 22.8 Å². The number of aromatic nitrogens is 4. The Morgan fingerprint density at radius 1 is 1.24 bits per heavy atom. The van der Waals surface area contributed by atoms with E-state index in [1.54, 1.807) is 44.2 Å². The molecule has 1 unspecified atom stereocenters. The maximum absolute atomic E-state index is 12.9. The summed E-state index contributed by atoms with van der Waals surface area (Å²) in [6.07, 6.45) is 7.45. The second kappa shape index (κ2) is 7.05. The maximum atomic E-state index is 12.9. The van der Waals surface area contributed by atoms with Gasteiger partial charge in [-0.2, -0.15) is 0 Å². The maximum Gasteiger partial charge on any atom is 0.255 e. The fraction of sp³-hybridized carbons (Fsp3) is 0.238. The van der Waals surface area contributed by atoms with Crippen molar-refractivity contribution in [2.45, 2.75) is 12.5 Å². The second-order valence-electron chi connectivity index (χ2n) is 6.95. The number of hydrogen-bond acceptors (Lipinski definition) is 6. The van der Waals surface area contributed by atoms with Crippen molar-refractivity contribution in [2.24, 2.45) is 0 Å². The fourth-order valence-electron chi connectivity index (χ4n) is 3.82. The zero-order valence-corrected chi connectivity index (χ0v) is 15.9. The zero-order valence-electron chi connectivity index (χ0n) is 15.9. The van der Waals surface area contributed by atoms with Crippen LogP contribution >= 0.6 is 0 Å². The van der Waals surface area contributed by atoms with Gasteiger partial charge in [0.15, 0.2) is 5.65 Å². The van der Waals surface area contributed by atoms with E-state index in [4.69, 9.17) is 14.1 Å². The first-order valence-corrected chi connectivity index (χ1v) is 9.39. The number of rotatable bonds is 4. The number of carbonyl (C=O) groups is 1. The van der Waals surface area contributed by atoms with Crippen LogP contribution in [-0.4, -0.2) is 50.5 Å². The summed E-state index contributed by atoms with van der Waals surface area (Å²) in [5.74, 6) is 1.25. The van der Waals surface area contributed by atoms with Crippen molar-refractivity contribution in [1.29, 1.82) is 0 Å². The number of amides is 1. The third kappa shape index (κ3) is 3.02. The highest BCUT2D eigenvalue weighted by atomic mass is 16.5. The highest BCUT2D eigenvalue weighted by molar-refractivity contribution is 5.94. The standard InChI is InChI=1S/C21H19N5O3/c1-28-18-5-4-14(11-23-18)21(27)25-9-6-16(12-25)26-19(15-7-10-29-13-15)24-17-3-2-8-22-20(17)26/h2-5,7-8,10-11,13,16H,6,9,12H2,1H3. The average molecular weight is 389 g/mol. The number of hydrogen-bond donors (Lipinski definition) is 0. The molecule has 1 aliphatic rings. The van der Waals surface area contributed by atoms with E-state index in [1.807, 2.05) is 23.1 Å². The highest BCUT2D eigenvalue weighted by Crippen LogP contribution is 2.32. The summed E-state index contributed by atoms with van der Waals surface area (Å²) in [6.45, 7) is 1.24. The summed E-state index contributed by atoms with van der Waals surface area (Å²) in [6, 6.07) is 9.23. The van der Waals surface area contributed by atoms with Crippen molar-refractivity contribution in [3.63, 3.8) is 0 Å². The Labute approximate surface area is 166 Å². The first-order chi connectivity index (χ1) is 14.2. The molecule has 0 aliphatic carbocycles. The monoisotopic (exact) mass is 389 g/mol. The number of nitrogens with zero attached hydrogens (tertiary/aromatic N) is 5. The number of fused-ring (bicyclic) bond motifs is 1. The van der Waals surface area contributed by atoms with Gasteiger partial charge in [-0.3, -0.25) is 4.79 Å². The number of imidazole rings is 1. The Kier molecular flexibility index (Phi) is 4.23. The van der Waals surface area contributed by atoms with Crippen LogP contribution in [0.25, 0.3) is 22.6 Å². The SMILES string of the molecule is COc1ccc(C(=O)N2CCC(n3c(-c4ccoc4)nc4cccnc43)C2)cn1. The molecule has 1 atom stereocenters. The van der Waals surface area contributed by atoms with E-state index in [0.29, 0.717) is 24.5 Å².